The van der Waals surface area contributed by atoms with Crippen LogP contribution in [0.25, 0.3) is 0 Å². The lowest BCUT2D eigenvalue weighted by atomic mass is 9.95. The number of aromatic amines is 1. The van der Waals surface area contributed by atoms with Gasteiger partial charge in [0.15, 0.2) is 0 Å². The summed E-state index contributed by atoms with van der Waals surface area (Å²) >= 11 is 0. The van der Waals surface area contributed by atoms with Crippen molar-refractivity contribution in [2.75, 3.05) is 13.1 Å². The second-order valence-electron chi connectivity index (χ2n) is 6.55. The number of carbonyl (C=O) groups is 1. The topological polar surface area (TPSA) is 53.9 Å². The normalized spacial score (nSPS) is 19.5. The number of nitrogens with one attached hydrogen (secondary N) is 1. The van der Waals surface area contributed by atoms with Crippen LogP contribution >= 0.6 is 0 Å². The van der Waals surface area contributed by atoms with Gasteiger partial charge in [0.25, 0.3) is 5.91 Å². The number of H-pyrrole nitrogens is 1. The number of rotatable bonds is 4. The zero-order valence-electron chi connectivity index (χ0n) is 12.7. The Morgan fingerprint density at radius 2 is 2.09 bits per heavy atom. The molecule has 1 aliphatic heterocycles. The van der Waals surface area contributed by atoms with Crippen molar-refractivity contribution in [3.05, 3.63) is 42.2 Å². The summed E-state index contributed by atoms with van der Waals surface area (Å²) in [6.45, 7) is 2.77. The number of nitrogens with zero attached hydrogens (tertiary/aromatic N) is 3. The third-order valence-corrected chi connectivity index (χ3v) is 4.89. The molecule has 0 aromatic carbocycles. The molecule has 2 fully saturated rings. The molecule has 2 aromatic rings. The largest absolute Gasteiger partial charge is 0.367 e. The highest BCUT2D eigenvalue weighted by Crippen LogP contribution is 2.33. The van der Waals surface area contributed by atoms with Crippen molar-refractivity contribution in [2.24, 2.45) is 5.92 Å². The Hall–Kier alpha value is -2.04. The summed E-state index contributed by atoms with van der Waals surface area (Å²) < 4.78 is 2.34. The quantitative estimate of drug-likeness (QED) is 0.943. The van der Waals surface area contributed by atoms with Gasteiger partial charge in [-0.2, -0.15) is 0 Å². The van der Waals surface area contributed by atoms with E-state index in [9.17, 15) is 4.79 Å². The average molecular weight is 298 g/mol. The van der Waals surface area contributed by atoms with Crippen LogP contribution in [0.3, 0.4) is 0 Å². The van der Waals surface area contributed by atoms with E-state index in [0.717, 1.165) is 44.0 Å². The van der Waals surface area contributed by atoms with Gasteiger partial charge < -0.3 is 14.5 Å². The van der Waals surface area contributed by atoms with Crippen molar-refractivity contribution in [1.82, 2.24) is 19.4 Å². The van der Waals surface area contributed by atoms with Gasteiger partial charge in [-0.15, -0.1) is 0 Å². The van der Waals surface area contributed by atoms with Gasteiger partial charge in [-0.1, -0.05) is 0 Å². The number of hydrogen-bond donors (Lipinski definition) is 1. The minimum atomic E-state index is 0.140. The van der Waals surface area contributed by atoms with Crippen LogP contribution in [0.5, 0.6) is 0 Å². The number of aromatic nitrogens is 3. The van der Waals surface area contributed by atoms with Crippen LogP contribution in [0, 0.1) is 5.92 Å². The summed E-state index contributed by atoms with van der Waals surface area (Å²) in [7, 11) is 0. The van der Waals surface area contributed by atoms with E-state index in [1.54, 1.807) is 12.4 Å². The van der Waals surface area contributed by atoms with Crippen molar-refractivity contribution in [3.8, 4) is 0 Å². The van der Waals surface area contributed by atoms with Gasteiger partial charge in [0, 0.05) is 50.3 Å². The maximum absolute atomic E-state index is 12.4. The molecule has 116 valence electrons. The molecule has 0 radical (unpaired) electrons. The molecule has 0 bridgehead atoms. The molecule has 22 heavy (non-hydrogen) atoms. The molecule has 0 spiro atoms. The van der Waals surface area contributed by atoms with Crippen LogP contribution in [0.4, 0.5) is 0 Å². The molecule has 0 atom stereocenters. The molecule has 1 N–H and O–H groups in total. The van der Waals surface area contributed by atoms with E-state index in [1.807, 2.05) is 17.2 Å². The van der Waals surface area contributed by atoms with Gasteiger partial charge in [-0.3, -0.25) is 4.79 Å². The van der Waals surface area contributed by atoms with Crippen molar-refractivity contribution in [1.29, 1.82) is 0 Å². The molecule has 3 heterocycles. The second-order valence-corrected chi connectivity index (χ2v) is 6.55. The number of likely N-dealkylation sites (tertiary alicyclic amines) is 1. The van der Waals surface area contributed by atoms with E-state index < -0.39 is 0 Å². The zero-order chi connectivity index (χ0) is 14.9. The first-order valence-electron chi connectivity index (χ1n) is 8.24. The standard InChI is InChI=1S/C17H22N4O/c22-17(15-3-6-18-11-15)20-8-4-14(5-9-20)16-19-7-10-21(16)12-13-1-2-13/h3,6-7,10-11,13-14,18H,1-2,4-5,8-9,12H2. The fraction of sp³-hybridized carbons (Fsp3) is 0.529. The Bertz CT molecular complexity index is 633. The van der Waals surface area contributed by atoms with Crippen molar-refractivity contribution < 1.29 is 4.79 Å². The molecule has 1 saturated heterocycles. The molecule has 4 rings (SSSR count). The van der Waals surface area contributed by atoms with E-state index >= 15 is 0 Å². The Labute approximate surface area is 130 Å². The molecule has 5 heteroatoms. The van der Waals surface area contributed by atoms with Crippen molar-refractivity contribution in [3.63, 3.8) is 0 Å². The fourth-order valence-corrected chi connectivity index (χ4v) is 3.39. The Morgan fingerprint density at radius 3 is 2.77 bits per heavy atom. The first kappa shape index (κ1) is 13.6. The minimum Gasteiger partial charge on any atom is -0.367 e. The smallest absolute Gasteiger partial charge is 0.255 e. The van der Waals surface area contributed by atoms with Gasteiger partial charge in [0.05, 0.1) is 5.56 Å². The molecule has 1 aliphatic carbocycles. The predicted molar refractivity (Wildman–Crippen MR) is 83.6 cm³/mol. The molecule has 2 aromatic heterocycles. The Balaban J connectivity index is 1.39. The lowest BCUT2D eigenvalue weighted by molar-refractivity contribution is 0.0710. The summed E-state index contributed by atoms with van der Waals surface area (Å²) in [6.07, 6.45) is 12.4. The Morgan fingerprint density at radius 1 is 1.27 bits per heavy atom. The van der Waals surface area contributed by atoms with E-state index in [1.165, 1.54) is 18.7 Å². The molecule has 1 amide bonds. The maximum Gasteiger partial charge on any atom is 0.255 e. The molecular weight excluding hydrogens is 276 g/mol. The predicted octanol–water partition coefficient (Wildman–Crippen LogP) is 2.64. The van der Waals surface area contributed by atoms with Crippen molar-refractivity contribution >= 4 is 5.91 Å². The van der Waals surface area contributed by atoms with E-state index in [0.29, 0.717) is 5.92 Å². The third-order valence-electron chi connectivity index (χ3n) is 4.89. The lowest BCUT2D eigenvalue weighted by Crippen LogP contribution is -2.38. The Kier molecular flexibility index (Phi) is 3.48. The second kappa shape index (κ2) is 5.63. The average Bonchev–Trinajstić information content (AvgIpc) is 3.04. The SMILES string of the molecule is O=C(c1cc[nH]c1)N1CCC(c2nccn2CC2CC2)CC1. The van der Waals surface area contributed by atoms with Crippen LogP contribution in [-0.2, 0) is 6.54 Å². The van der Waals surface area contributed by atoms with E-state index in [2.05, 4.69) is 20.7 Å². The van der Waals surface area contributed by atoms with Crippen LogP contribution in [0.1, 0.15) is 47.8 Å². The van der Waals surface area contributed by atoms with Crippen LogP contribution in [0.2, 0.25) is 0 Å². The van der Waals surface area contributed by atoms with Gasteiger partial charge in [0.1, 0.15) is 5.82 Å². The highest BCUT2D eigenvalue weighted by atomic mass is 16.2. The first-order chi connectivity index (χ1) is 10.8. The monoisotopic (exact) mass is 298 g/mol. The summed E-state index contributed by atoms with van der Waals surface area (Å²) in [5, 5.41) is 0. The van der Waals surface area contributed by atoms with Crippen LogP contribution in [-0.4, -0.2) is 38.4 Å². The molecular formula is C17H22N4O. The summed E-state index contributed by atoms with van der Waals surface area (Å²) in [5.41, 5.74) is 0.758. The van der Waals surface area contributed by atoms with Crippen LogP contribution in [0.15, 0.2) is 30.9 Å². The van der Waals surface area contributed by atoms with Gasteiger partial charge in [-0.25, -0.2) is 4.98 Å². The number of amides is 1. The molecule has 5 nitrogen and oxygen atoms in total. The number of carbonyl (C=O) groups excluding carboxylic acids is 1. The highest BCUT2D eigenvalue weighted by molar-refractivity contribution is 5.94. The molecule has 1 saturated carbocycles. The third kappa shape index (κ3) is 2.67. The number of piperidine rings is 1. The van der Waals surface area contributed by atoms with Crippen molar-refractivity contribution in [2.45, 2.75) is 38.1 Å². The van der Waals surface area contributed by atoms with Crippen LogP contribution < -0.4 is 0 Å². The first-order valence-corrected chi connectivity index (χ1v) is 8.24. The summed E-state index contributed by atoms with van der Waals surface area (Å²) in [5.74, 6) is 2.72. The molecule has 0 unspecified atom stereocenters. The van der Waals surface area contributed by atoms with Gasteiger partial charge in [0.2, 0.25) is 0 Å². The highest BCUT2D eigenvalue weighted by Gasteiger charge is 2.28. The maximum atomic E-state index is 12.4. The van der Waals surface area contributed by atoms with Gasteiger partial charge >= 0.3 is 0 Å². The number of imidazole rings is 1. The molecule has 2 aliphatic rings. The number of hydrogen-bond acceptors (Lipinski definition) is 2. The lowest BCUT2D eigenvalue weighted by Gasteiger charge is -2.31. The zero-order valence-corrected chi connectivity index (χ0v) is 12.7. The van der Waals surface area contributed by atoms with E-state index in [-0.39, 0.29) is 5.91 Å². The van der Waals surface area contributed by atoms with Gasteiger partial charge in [-0.05, 0) is 37.7 Å². The summed E-state index contributed by atoms with van der Waals surface area (Å²) in [6, 6.07) is 1.84. The fourth-order valence-electron chi connectivity index (χ4n) is 3.39. The minimum absolute atomic E-state index is 0.140. The summed E-state index contributed by atoms with van der Waals surface area (Å²) in [4.78, 5) is 21.9. The van der Waals surface area contributed by atoms with E-state index in [4.69, 9.17) is 0 Å².